The van der Waals surface area contributed by atoms with Gasteiger partial charge in [0.25, 0.3) is 0 Å². The fourth-order valence-corrected chi connectivity index (χ4v) is 2.71. The van der Waals surface area contributed by atoms with Crippen LogP contribution in [-0.4, -0.2) is 24.5 Å². The summed E-state index contributed by atoms with van der Waals surface area (Å²) in [7, 11) is 1.35. The Labute approximate surface area is 122 Å². The van der Waals surface area contributed by atoms with Gasteiger partial charge in [-0.15, -0.1) is 17.9 Å². The van der Waals surface area contributed by atoms with Crippen LogP contribution in [-0.2, 0) is 17.8 Å². The summed E-state index contributed by atoms with van der Waals surface area (Å²) in [5, 5.41) is 2.05. The van der Waals surface area contributed by atoms with Crippen LogP contribution >= 0.6 is 11.3 Å². The van der Waals surface area contributed by atoms with E-state index in [0.717, 1.165) is 18.7 Å². The number of esters is 1. The molecule has 0 spiro atoms. The van der Waals surface area contributed by atoms with Gasteiger partial charge in [0.15, 0.2) is 0 Å². The lowest BCUT2D eigenvalue weighted by Gasteiger charge is -2.19. The molecule has 4 nitrogen and oxygen atoms in total. The van der Waals surface area contributed by atoms with Crippen LogP contribution in [0.3, 0.4) is 0 Å². The van der Waals surface area contributed by atoms with Gasteiger partial charge in [0.05, 0.1) is 13.4 Å². The standard InChI is InChI=1S/C15H17NO3S/c1-3-7-16(11-13-5-4-9-20-13)10-12-6-8-19-14(12)15(17)18-2/h3-6,8-9H,1,7,10-11H2,2H3. The van der Waals surface area contributed by atoms with E-state index in [2.05, 4.69) is 22.9 Å². The van der Waals surface area contributed by atoms with Gasteiger partial charge in [0.1, 0.15) is 0 Å². The van der Waals surface area contributed by atoms with E-state index in [4.69, 9.17) is 9.15 Å². The average Bonchev–Trinajstić information content (AvgIpc) is 3.09. The molecule has 2 aromatic heterocycles. The van der Waals surface area contributed by atoms with Crippen molar-refractivity contribution in [2.45, 2.75) is 13.1 Å². The highest BCUT2D eigenvalue weighted by molar-refractivity contribution is 7.09. The predicted octanol–water partition coefficient (Wildman–Crippen LogP) is 3.32. The van der Waals surface area contributed by atoms with Crippen LogP contribution in [0.4, 0.5) is 0 Å². The van der Waals surface area contributed by atoms with Crippen molar-refractivity contribution in [1.29, 1.82) is 0 Å². The molecule has 0 saturated carbocycles. The molecular weight excluding hydrogens is 274 g/mol. The molecule has 0 saturated heterocycles. The lowest BCUT2D eigenvalue weighted by Crippen LogP contribution is -2.23. The van der Waals surface area contributed by atoms with Crippen molar-refractivity contribution in [3.05, 3.63) is 58.7 Å². The van der Waals surface area contributed by atoms with Crippen LogP contribution in [0.2, 0.25) is 0 Å². The second-order valence-electron chi connectivity index (χ2n) is 4.30. The maximum Gasteiger partial charge on any atom is 0.374 e. The van der Waals surface area contributed by atoms with E-state index in [1.807, 2.05) is 12.1 Å². The molecule has 0 unspecified atom stereocenters. The Bertz CT molecular complexity index is 559. The van der Waals surface area contributed by atoms with Gasteiger partial charge in [-0.05, 0) is 17.5 Å². The second-order valence-corrected chi connectivity index (χ2v) is 5.34. The lowest BCUT2D eigenvalue weighted by atomic mass is 10.2. The van der Waals surface area contributed by atoms with E-state index in [9.17, 15) is 4.79 Å². The van der Waals surface area contributed by atoms with Crippen LogP contribution in [0, 0.1) is 0 Å². The van der Waals surface area contributed by atoms with E-state index < -0.39 is 5.97 Å². The monoisotopic (exact) mass is 291 g/mol. The van der Waals surface area contributed by atoms with Crippen molar-refractivity contribution in [3.8, 4) is 0 Å². The lowest BCUT2D eigenvalue weighted by molar-refractivity contribution is 0.0562. The molecule has 2 heterocycles. The molecule has 0 aliphatic heterocycles. The number of rotatable bonds is 7. The maximum absolute atomic E-state index is 11.6. The molecule has 0 aliphatic rings. The number of carbonyl (C=O) groups is 1. The van der Waals surface area contributed by atoms with Crippen LogP contribution in [0.15, 0.2) is 46.9 Å². The summed E-state index contributed by atoms with van der Waals surface area (Å²) >= 11 is 1.71. The number of thiophene rings is 1. The van der Waals surface area contributed by atoms with Gasteiger partial charge in [-0.1, -0.05) is 12.1 Å². The Morgan fingerprint density at radius 3 is 3.00 bits per heavy atom. The van der Waals surface area contributed by atoms with Crippen LogP contribution < -0.4 is 0 Å². The van der Waals surface area contributed by atoms with Gasteiger partial charge < -0.3 is 9.15 Å². The van der Waals surface area contributed by atoms with Gasteiger partial charge in [0.2, 0.25) is 5.76 Å². The molecule has 20 heavy (non-hydrogen) atoms. The van der Waals surface area contributed by atoms with Crippen molar-refractivity contribution >= 4 is 17.3 Å². The molecule has 0 aliphatic carbocycles. The summed E-state index contributed by atoms with van der Waals surface area (Å²) in [6.07, 6.45) is 3.37. The number of hydrogen-bond acceptors (Lipinski definition) is 5. The zero-order chi connectivity index (χ0) is 14.4. The summed E-state index contributed by atoms with van der Waals surface area (Å²) in [6.45, 7) is 5.95. The number of furan rings is 1. The van der Waals surface area contributed by atoms with Crippen LogP contribution in [0.1, 0.15) is 21.0 Å². The molecule has 2 aromatic rings. The summed E-state index contributed by atoms with van der Waals surface area (Å²) in [5.74, 6) is -0.174. The normalized spacial score (nSPS) is 10.7. The smallest absolute Gasteiger partial charge is 0.374 e. The Morgan fingerprint density at radius 2 is 2.35 bits per heavy atom. The largest absolute Gasteiger partial charge is 0.463 e. The zero-order valence-corrected chi connectivity index (χ0v) is 12.2. The summed E-state index contributed by atoms with van der Waals surface area (Å²) < 4.78 is 9.92. The third kappa shape index (κ3) is 3.59. The molecule has 0 N–H and O–H groups in total. The van der Waals surface area contributed by atoms with Gasteiger partial charge in [-0.2, -0.15) is 0 Å². The minimum Gasteiger partial charge on any atom is -0.463 e. The van der Waals surface area contributed by atoms with Crippen LogP contribution in [0.5, 0.6) is 0 Å². The minimum absolute atomic E-state index is 0.271. The number of ether oxygens (including phenoxy) is 1. The van der Waals surface area contributed by atoms with E-state index in [1.165, 1.54) is 18.3 Å². The molecule has 5 heteroatoms. The van der Waals surface area contributed by atoms with Crippen LogP contribution in [0.25, 0.3) is 0 Å². The van der Waals surface area contributed by atoms with Gasteiger partial charge >= 0.3 is 5.97 Å². The maximum atomic E-state index is 11.6. The van der Waals surface area contributed by atoms with E-state index >= 15 is 0 Å². The van der Waals surface area contributed by atoms with Gasteiger partial charge in [-0.25, -0.2) is 4.79 Å². The first-order chi connectivity index (χ1) is 9.74. The zero-order valence-electron chi connectivity index (χ0n) is 11.4. The quantitative estimate of drug-likeness (QED) is 0.580. The predicted molar refractivity (Wildman–Crippen MR) is 78.7 cm³/mol. The fourth-order valence-electron chi connectivity index (χ4n) is 1.96. The Hall–Kier alpha value is -1.85. The third-order valence-electron chi connectivity index (χ3n) is 2.86. The average molecular weight is 291 g/mol. The first-order valence-corrected chi connectivity index (χ1v) is 7.13. The molecule has 0 aromatic carbocycles. The van der Waals surface area contributed by atoms with Crippen molar-refractivity contribution < 1.29 is 13.9 Å². The first kappa shape index (κ1) is 14.6. The molecule has 0 atom stereocenters. The second kappa shape index (κ2) is 7.07. The SMILES string of the molecule is C=CCN(Cc1cccs1)Cc1ccoc1C(=O)OC. The van der Waals surface area contributed by atoms with E-state index in [0.29, 0.717) is 6.54 Å². The molecule has 0 radical (unpaired) electrons. The van der Waals surface area contributed by atoms with Gasteiger partial charge in [-0.3, -0.25) is 4.90 Å². The number of nitrogens with zero attached hydrogens (tertiary/aromatic N) is 1. The van der Waals surface area contributed by atoms with E-state index in [-0.39, 0.29) is 5.76 Å². The highest BCUT2D eigenvalue weighted by atomic mass is 32.1. The summed E-state index contributed by atoms with van der Waals surface area (Å²) in [5.41, 5.74) is 0.829. The van der Waals surface area contributed by atoms with Crippen molar-refractivity contribution in [1.82, 2.24) is 4.90 Å². The summed E-state index contributed by atoms with van der Waals surface area (Å²) in [6, 6.07) is 5.93. The molecule has 0 amide bonds. The molecule has 0 fully saturated rings. The molecular formula is C15H17NO3S. The summed E-state index contributed by atoms with van der Waals surface area (Å²) in [4.78, 5) is 15.1. The Balaban J connectivity index is 2.10. The molecule has 106 valence electrons. The minimum atomic E-state index is -0.445. The number of methoxy groups -OCH3 is 1. The molecule has 2 rings (SSSR count). The Kier molecular flexibility index (Phi) is 5.15. The molecule has 0 bridgehead atoms. The van der Waals surface area contributed by atoms with Crippen molar-refractivity contribution in [2.75, 3.05) is 13.7 Å². The topological polar surface area (TPSA) is 42.7 Å². The van der Waals surface area contributed by atoms with Crippen molar-refractivity contribution in [2.24, 2.45) is 0 Å². The number of hydrogen-bond donors (Lipinski definition) is 0. The highest BCUT2D eigenvalue weighted by Crippen LogP contribution is 2.18. The third-order valence-corrected chi connectivity index (χ3v) is 3.72. The van der Waals surface area contributed by atoms with Gasteiger partial charge in [0, 0.05) is 30.1 Å². The fraction of sp³-hybridized carbons (Fsp3) is 0.267. The Morgan fingerprint density at radius 1 is 1.50 bits per heavy atom. The van der Waals surface area contributed by atoms with Crippen molar-refractivity contribution in [3.63, 3.8) is 0 Å². The van der Waals surface area contributed by atoms with E-state index in [1.54, 1.807) is 17.4 Å². The number of carbonyl (C=O) groups excluding carboxylic acids is 1. The highest BCUT2D eigenvalue weighted by Gasteiger charge is 2.18. The first-order valence-electron chi connectivity index (χ1n) is 6.25.